The van der Waals surface area contributed by atoms with E-state index in [1.54, 1.807) is 0 Å². The van der Waals surface area contributed by atoms with Crippen LogP contribution < -0.4 is 0 Å². The topological polar surface area (TPSA) is 128 Å². The molecule has 0 aliphatic carbocycles. The second kappa shape index (κ2) is 6.53. The molecule has 2 aromatic rings. The maximum Gasteiger partial charge on any atom is 0.158 e. The van der Waals surface area contributed by atoms with Gasteiger partial charge in [-0.25, -0.2) is 0 Å². The van der Waals surface area contributed by atoms with Gasteiger partial charge in [-0.15, -0.1) is 0 Å². The molecule has 0 aliphatic heterocycles. The molecular weight excluding hydrogens is 260 g/mol. The third-order valence-corrected chi connectivity index (χ3v) is 2.21. The summed E-state index contributed by atoms with van der Waals surface area (Å²) in [5, 5.41) is 51.8. The predicted octanol–water partition coefficient (Wildman–Crippen LogP) is 1.94. The van der Waals surface area contributed by atoms with Crippen molar-refractivity contribution < 1.29 is 20.4 Å². The first kappa shape index (κ1) is 14.7. The van der Waals surface area contributed by atoms with Crippen LogP contribution in [-0.4, -0.2) is 20.4 Å². The van der Waals surface area contributed by atoms with Crippen molar-refractivity contribution in [2.24, 2.45) is 0 Å². The number of hydrogen-bond donors (Lipinski definition) is 4. The summed E-state index contributed by atoms with van der Waals surface area (Å²) in [6.45, 7) is 0. The lowest BCUT2D eigenvalue weighted by Gasteiger charge is -1.94. The van der Waals surface area contributed by atoms with Crippen LogP contribution in [-0.2, 0) is 0 Å². The molecule has 0 unspecified atom stereocenters. The van der Waals surface area contributed by atoms with E-state index in [1.807, 2.05) is 12.1 Å². The molecular formula is C14H10N2O4. The number of benzene rings is 2. The monoisotopic (exact) mass is 270 g/mol. The van der Waals surface area contributed by atoms with Crippen LogP contribution in [0.25, 0.3) is 0 Å². The minimum absolute atomic E-state index is 0.209. The molecule has 0 radical (unpaired) electrons. The molecule has 0 bridgehead atoms. The van der Waals surface area contributed by atoms with Gasteiger partial charge in [0.15, 0.2) is 23.0 Å². The quantitative estimate of drug-likeness (QED) is 0.541. The average Bonchev–Trinajstić information content (AvgIpc) is 2.45. The molecule has 0 spiro atoms. The Morgan fingerprint density at radius 3 is 1.20 bits per heavy atom. The number of nitriles is 2. The fraction of sp³-hybridized carbons (Fsp3) is 0. The fourth-order valence-electron chi connectivity index (χ4n) is 1.19. The standard InChI is InChI=1S/2C7H5NO2/c2*8-4-5-1-2-6(9)7(10)3-5/h2*1-3,9-10H. The number of nitrogens with zero attached hydrogens (tertiary/aromatic N) is 2. The molecule has 0 aliphatic rings. The van der Waals surface area contributed by atoms with E-state index in [4.69, 9.17) is 30.9 Å². The Balaban J connectivity index is 0.000000200. The Morgan fingerprint density at radius 2 is 0.950 bits per heavy atom. The van der Waals surface area contributed by atoms with Crippen molar-refractivity contribution in [1.82, 2.24) is 0 Å². The molecule has 20 heavy (non-hydrogen) atoms. The van der Waals surface area contributed by atoms with E-state index in [-0.39, 0.29) is 23.0 Å². The average molecular weight is 270 g/mol. The van der Waals surface area contributed by atoms with Crippen molar-refractivity contribution in [2.45, 2.75) is 0 Å². The smallest absolute Gasteiger partial charge is 0.158 e. The zero-order valence-electron chi connectivity index (χ0n) is 10.1. The summed E-state index contributed by atoms with van der Waals surface area (Å²) in [5.41, 5.74) is 0.658. The Hall–Kier alpha value is -3.38. The molecule has 0 atom stereocenters. The van der Waals surface area contributed by atoms with Gasteiger partial charge in [-0.3, -0.25) is 0 Å². The Labute approximate surface area is 114 Å². The summed E-state index contributed by atoms with van der Waals surface area (Å²) in [6.07, 6.45) is 0. The van der Waals surface area contributed by atoms with Crippen molar-refractivity contribution in [2.75, 3.05) is 0 Å². The van der Waals surface area contributed by atoms with Gasteiger partial charge in [-0.2, -0.15) is 10.5 Å². The van der Waals surface area contributed by atoms with Gasteiger partial charge < -0.3 is 20.4 Å². The fourth-order valence-corrected chi connectivity index (χ4v) is 1.19. The molecule has 100 valence electrons. The molecule has 0 heterocycles. The van der Waals surface area contributed by atoms with Gasteiger partial charge in [0, 0.05) is 12.1 Å². The summed E-state index contributed by atoms with van der Waals surface area (Å²) >= 11 is 0. The van der Waals surface area contributed by atoms with E-state index in [2.05, 4.69) is 0 Å². The van der Waals surface area contributed by atoms with E-state index in [1.165, 1.54) is 36.4 Å². The maximum atomic E-state index is 8.83. The Kier molecular flexibility index (Phi) is 4.79. The van der Waals surface area contributed by atoms with Crippen LogP contribution >= 0.6 is 0 Å². The third kappa shape index (κ3) is 3.83. The Bertz CT molecular complexity index is 638. The van der Waals surface area contributed by atoms with E-state index in [0.29, 0.717) is 11.1 Å². The van der Waals surface area contributed by atoms with E-state index in [9.17, 15) is 0 Å². The van der Waals surface area contributed by atoms with E-state index in [0.717, 1.165) is 0 Å². The van der Waals surface area contributed by atoms with Crippen molar-refractivity contribution >= 4 is 0 Å². The molecule has 2 aromatic carbocycles. The van der Waals surface area contributed by atoms with Crippen LogP contribution in [0, 0.1) is 22.7 Å². The number of phenolic OH excluding ortho intramolecular Hbond substituents is 4. The number of rotatable bonds is 0. The van der Waals surface area contributed by atoms with Gasteiger partial charge in [-0.1, -0.05) is 0 Å². The van der Waals surface area contributed by atoms with Crippen molar-refractivity contribution in [3.8, 4) is 35.1 Å². The SMILES string of the molecule is N#Cc1ccc(O)c(O)c1.N#Cc1ccc(O)c(O)c1. The number of aromatic hydroxyl groups is 4. The highest BCUT2D eigenvalue weighted by molar-refractivity contribution is 5.45. The predicted molar refractivity (Wildman–Crippen MR) is 69.0 cm³/mol. The number of hydrogen-bond acceptors (Lipinski definition) is 6. The van der Waals surface area contributed by atoms with Crippen LogP contribution in [0.2, 0.25) is 0 Å². The lowest BCUT2D eigenvalue weighted by molar-refractivity contribution is 0.403. The molecule has 0 saturated heterocycles. The van der Waals surface area contributed by atoms with Crippen molar-refractivity contribution in [3.05, 3.63) is 47.5 Å². The normalized spacial score (nSPS) is 8.70. The van der Waals surface area contributed by atoms with Crippen LogP contribution in [0.5, 0.6) is 23.0 Å². The molecule has 0 aromatic heterocycles. The van der Waals surface area contributed by atoms with Crippen molar-refractivity contribution in [1.29, 1.82) is 10.5 Å². The zero-order valence-corrected chi connectivity index (χ0v) is 10.1. The first-order valence-corrected chi connectivity index (χ1v) is 5.32. The number of phenols is 4. The Morgan fingerprint density at radius 1 is 0.600 bits per heavy atom. The molecule has 0 fully saturated rings. The largest absolute Gasteiger partial charge is 0.504 e. The molecule has 6 nitrogen and oxygen atoms in total. The highest BCUT2D eigenvalue weighted by Gasteiger charge is 1.98. The molecule has 0 saturated carbocycles. The van der Waals surface area contributed by atoms with Gasteiger partial charge in [0.1, 0.15) is 0 Å². The lowest BCUT2D eigenvalue weighted by Crippen LogP contribution is -1.72. The summed E-state index contributed by atoms with van der Waals surface area (Å²) in [7, 11) is 0. The maximum absolute atomic E-state index is 8.83. The van der Waals surface area contributed by atoms with E-state index < -0.39 is 0 Å². The minimum atomic E-state index is -0.265. The first-order chi connectivity index (χ1) is 9.47. The van der Waals surface area contributed by atoms with Crippen molar-refractivity contribution in [3.63, 3.8) is 0 Å². The zero-order chi connectivity index (χ0) is 15.1. The van der Waals surface area contributed by atoms with Crippen LogP contribution in [0.4, 0.5) is 0 Å². The van der Waals surface area contributed by atoms with Crippen LogP contribution in [0.1, 0.15) is 11.1 Å². The van der Waals surface area contributed by atoms with Gasteiger partial charge in [0.2, 0.25) is 0 Å². The third-order valence-electron chi connectivity index (χ3n) is 2.21. The van der Waals surface area contributed by atoms with Gasteiger partial charge >= 0.3 is 0 Å². The summed E-state index contributed by atoms with van der Waals surface area (Å²) in [4.78, 5) is 0. The first-order valence-electron chi connectivity index (χ1n) is 5.32. The molecule has 0 amide bonds. The second-order valence-electron chi connectivity index (χ2n) is 3.63. The molecule has 2 rings (SSSR count). The van der Waals surface area contributed by atoms with Gasteiger partial charge in [0.25, 0.3) is 0 Å². The minimum Gasteiger partial charge on any atom is -0.504 e. The molecule has 4 N–H and O–H groups in total. The molecule has 6 heteroatoms. The van der Waals surface area contributed by atoms with Gasteiger partial charge in [0.05, 0.1) is 23.3 Å². The summed E-state index contributed by atoms with van der Waals surface area (Å²) in [5.74, 6) is -0.948. The van der Waals surface area contributed by atoms with Gasteiger partial charge in [-0.05, 0) is 24.3 Å². The lowest BCUT2D eigenvalue weighted by atomic mass is 10.2. The highest BCUT2D eigenvalue weighted by Crippen LogP contribution is 2.24. The summed E-state index contributed by atoms with van der Waals surface area (Å²) in [6, 6.07) is 11.4. The van der Waals surface area contributed by atoms with E-state index >= 15 is 0 Å². The highest BCUT2D eigenvalue weighted by atomic mass is 16.3. The second-order valence-corrected chi connectivity index (χ2v) is 3.63. The summed E-state index contributed by atoms with van der Waals surface area (Å²) < 4.78 is 0. The van der Waals surface area contributed by atoms with Crippen LogP contribution in [0.15, 0.2) is 36.4 Å². The van der Waals surface area contributed by atoms with Crippen LogP contribution in [0.3, 0.4) is 0 Å².